The molecule has 0 radical (unpaired) electrons. The van der Waals surface area contributed by atoms with Gasteiger partial charge in [0.1, 0.15) is 48.8 Å². The van der Waals surface area contributed by atoms with E-state index in [1.165, 1.54) is 0 Å². The molecule has 0 amide bonds. The average Bonchev–Trinajstić information content (AvgIpc) is 3.60. The lowest BCUT2D eigenvalue weighted by Crippen LogP contribution is -2.70. The Kier molecular flexibility index (Phi) is 21.0. The first-order valence-corrected chi connectivity index (χ1v) is 27.7. The van der Waals surface area contributed by atoms with Gasteiger partial charge in [-0.2, -0.15) is 0 Å². The highest BCUT2D eigenvalue weighted by Gasteiger charge is 2.59. The summed E-state index contributed by atoms with van der Waals surface area (Å²) in [6, 6.07) is 80.7. The third kappa shape index (κ3) is 16.2. The van der Waals surface area contributed by atoms with E-state index in [0.29, 0.717) is 13.2 Å². The quantitative estimate of drug-likeness (QED) is 0.0469. The Morgan fingerprint density at radius 3 is 0.938 bits per heavy atom. The molecule has 0 unspecified atom stereocenters. The zero-order chi connectivity index (χ0) is 54.4. The van der Waals surface area contributed by atoms with Gasteiger partial charge < -0.3 is 52.1 Å². The van der Waals surface area contributed by atoms with Gasteiger partial charge in [-0.05, 0) is 51.4 Å². The Morgan fingerprint density at radius 1 is 0.300 bits per heavy atom. The van der Waals surface area contributed by atoms with Crippen LogP contribution in [0.15, 0.2) is 243 Å². The number of benzene rings is 8. The van der Waals surface area contributed by atoms with Gasteiger partial charge in [0.05, 0.1) is 66.1 Å². The third-order valence-corrected chi connectivity index (χ3v) is 14.3. The van der Waals surface area contributed by atoms with E-state index >= 15 is 0 Å². The van der Waals surface area contributed by atoms with E-state index in [-0.39, 0.29) is 52.9 Å². The van der Waals surface area contributed by atoms with E-state index in [1.54, 1.807) is 0 Å². The number of rotatable bonds is 28. The second-order valence-electron chi connectivity index (χ2n) is 20.4. The van der Waals surface area contributed by atoms with Gasteiger partial charge in [-0.1, -0.05) is 243 Å². The molecule has 0 aliphatic carbocycles. The molecule has 0 aromatic heterocycles. The Morgan fingerprint density at radius 2 is 0.575 bits per heavy atom. The van der Waals surface area contributed by atoms with E-state index in [2.05, 4.69) is 0 Å². The van der Waals surface area contributed by atoms with Gasteiger partial charge >= 0.3 is 0 Å². The first kappa shape index (κ1) is 56.6. The van der Waals surface area contributed by atoms with Gasteiger partial charge in [-0.25, -0.2) is 0 Å². The number of hydrogen-bond donors (Lipinski definition) is 0. The fraction of sp³-hybridized carbons (Fsp3) is 0.304. The van der Waals surface area contributed by atoms with Gasteiger partial charge in [-0.3, -0.25) is 0 Å². The molecule has 0 N–H and O–H groups in total. The molecule has 11 heteroatoms. The van der Waals surface area contributed by atoms with Crippen LogP contribution in [0, 0.1) is 0 Å². The summed E-state index contributed by atoms with van der Waals surface area (Å²) in [6.07, 6.45) is -7.53. The van der Waals surface area contributed by atoms with Crippen molar-refractivity contribution in [1.82, 2.24) is 0 Å². The summed E-state index contributed by atoms with van der Waals surface area (Å²) in [5, 5.41) is 0. The zero-order valence-corrected chi connectivity index (χ0v) is 45.4. The van der Waals surface area contributed by atoms with Gasteiger partial charge in [0.2, 0.25) is 0 Å². The lowest BCUT2D eigenvalue weighted by Gasteiger charge is -2.53. The summed E-state index contributed by atoms with van der Waals surface area (Å²) in [4.78, 5) is 0. The van der Waals surface area contributed by atoms with Gasteiger partial charge in [0, 0.05) is 0 Å². The van der Waals surface area contributed by atoms with Gasteiger partial charge in [0.25, 0.3) is 0 Å². The fourth-order valence-electron chi connectivity index (χ4n) is 10.2. The molecular formula is C69H72O11. The van der Waals surface area contributed by atoms with E-state index in [4.69, 9.17) is 52.1 Å². The van der Waals surface area contributed by atoms with Crippen LogP contribution in [0.1, 0.15) is 51.4 Å². The van der Waals surface area contributed by atoms with Crippen molar-refractivity contribution >= 4 is 0 Å². The largest absolute Gasteiger partial charge is 0.374 e. The summed E-state index contributed by atoms with van der Waals surface area (Å²) in [6.45, 7) is 4.28. The van der Waals surface area contributed by atoms with Crippen LogP contribution in [0.4, 0.5) is 0 Å². The molecule has 2 aliphatic rings. The molecular weight excluding hydrogens is 1000 g/mol. The highest BCUT2D eigenvalue weighted by Crippen LogP contribution is 2.42. The molecule has 11 nitrogen and oxygen atoms in total. The van der Waals surface area contributed by atoms with Crippen molar-refractivity contribution < 1.29 is 52.1 Å². The highest BCUT2D eigenvalue weighted by atomic mass is 16.8. The van der Waals surface area contributed by atoms with E-state index < -0.39 is 60.9 Å². The van der Waals surface area contributed by atoms with Crippen LogP contribution >= 0.6 is 0 Å². The SMILES string of the molecule is C[C@]1(O[C@@H]2O[C@H](COCc3ccccc3)[C@H](OCc3ccccc3)[C@H](OCc3ccccc3)[C@H]2OCc2ccccc2)O[C@H](COCc2ccccc2)[C@H](OCc2ccccc2)[C@H](OCc2ccccc2)[C@H]1OCc1ccccc1. The molecule has 10 atom stereocenters. The summed E-state index contributed by atoms with van der Waals surface area (Å²) >= 11 is 0. The molecule has 414 valence electrons. The molecule has 10 rings (SSSR count). The van der Waals surface area contributed by atoms with E-state index in [9.17, 15) is 0 Å². The minimum absolute atomic E-state index is 0.123. The van der Waals surface area contributed by atoms with Crippen LogP contribution in [0.2, 0.25) is 0 Å². The molecule has 80 heavy (non-hydrogen) atoms. The monoisotopic (exact) mass is 1080 g/mol. The summed E-state index contributed by atoms with van der Waals surface area (Å²) in [5.41, 5.74) is 7.88. The van der Waals surface area contributed by atoms with Crippen molar-refractivity contribution in [1.29, 1.82) is 0 Å². The van der Waals surface area contributed by atoms with Crippen molar-refractivity contribution in [3.63, 3.8) is 0 Å². The lowest BCUT2D eigenvalue weighted by molar-refractivity contribution is -0.431. The zero-order valence-electron chi connectivity index (χ0n) is 45.4. The number of ether oxygens (including phenoxy) is 11. The van der Waals surface area contributed by atoms with Crippen molar-refractivity contribution in [3.8, 4) is 0 Å². The Balaban J connectivity index is 1.06. The molecule has 8 aromatic carbocycles. The summed E-state index contributed by atoms with van der Waals surface area (Å²) in [7, 11) is 0. The molecule has 2 fully saturated rings. The van der Waals surface area contributed by atoms with Crippen LogP contribution in [0.3, 0.4) is 0 Å². The summed E-state index contributed by atoms with van der Waals surface area (Å²) < 4.78 is 78.4. The minimum atomic E-state index is -1.64. The molecule has 2 heterocycles. The molecule has 0 saturated carbocycles. The van der Waals surface area contributed by atoms with Crippen LogP contribution in [-0.2, 0) is 105 Å². The average molecular weight is 1080 g/mol. The van der Waals surface area contributed by atoms with Crippen molar-refractivity contribution in [2.24, 2.45) is 0 Å². The smallest absolute Gasteiger partial charge is 0.198 e. The fourth-order valence-corrected chi connectivity index (χ4v) is 10.2. The van der Waals surface area contributed by atoms with Crippen molar-refractivity contribution in [3.05, 3.63) is 287 Å². The lowest BCUT2D eigenvalue weighted by atomic mass is 9.91. The second-order valence-corrected chi connectivity index (χ2v) is 20.4. The predicted octanol–water partition coefficient (Wildman–Crippen LogP) is 12.8. The Bertz CT molecular complexity index is 2950. The topological polar surface area (TPSA) is 102 Å². The van der Waals surface area contributed by atoms with Crippen molar-refractivity contribution in [2.75, 3.05) is 13.2 Å². The standard InChI is InChI=1S/C69H72O11/c1-69(67(77-49-59-40-24-9-25-41-59)65(75-47-57-36-20-7-21-37-57)63(73-45-55-32-16-5-17-33-55)61(79-69)51-71-43-53-28-12-3-13-29-53)80-68-66(76-48-58-38-22-8-23-39-58)64(74-46-56-34-18-6-19-35-56)62(72-44-54-30-14-4-15-31-54)60(78-68)50-70-42-52-26-10-2-11-27-52/h2-41,60-68H,42-51H2,1H3/t60-,61-,62+,63+,64+,65+,66-,67-,68+,69-/m1/s1. The second kappa shape index (κ2) is 29.7. The van der Waals surface area contributed by atoms with E-state index in [1.807, 2.05) is 250 Å². The molecule has 2 saturated heterocycles. The molecule has 0 bridgehead atoms. The maximum Gasteiger partial charge on any atom is 0.198 e. The maximum absolute atomic E-state index is 7.62. The highest BCUT2D eigenvalue weighted by molar-refractivity contribution is 5.20. The van der Waals surface area contributed by atoms with Gasteiger partial charge in [-0.15, -0.1) is 0 Å². The molecule has 0 spiro atoms. The maximum atomic E-state index is 7.62. The minimum Gasteiger partial charge on any atom is -0.374 e. The Hall–Kier alpha value is -6.68. The van der Waals surface area contributed by atoms with Crippen LogP contribution in [0.5, 0.6) is 0 Å². The third-order valence-electron chi connectivity index (χ3n) is 14.3. The molecule has 2 aliphatic heterocycles. The van der Waals surface area contributed by atoms with E-state index in [0.717, 1.165) is 44.5 Å². The van der Waals surface area contributed by atoms with Crippen LogP contribution in [-0.4, -0.2) is 74.1 Å². The summed E-state index contributed by atoms with van der Waals surface area (Å²) in [5.74, 6) is -1.64. The first-order chi connectivity index (χ1) is 39.5. The molecule has 8 aromatic rings. The van der Waals surface area contributed by atoms with Crippen molar-refractivity contribution in [2.45, 2.75) is 121 Å². The first-order valence-electron chi connectivity index (χ1n) is 27.7. The normalized spacial score (nSPS) is 23.8. The predicted molar refractivity (Wildman–Crippen MR) is 305 cm³/mol. The Labute approximate surface area is 471 Å². The van der Waals surface area contributed by atoms with Crippen LogP contribution in [0.25, 0.3) is 0 Å². The van der Waals surface area contributed by atoms with Crippen LogP contribution < -0.4 is 0 Å². The van der Waals surface area contributed by atoms with Gasteiger partial charge in [0.15, 0.2) is 12.1 Å². The number of hydrogen-bond acceptors (Lipinski definition) is 11.